The minimum absolute atomic E-state index is 0.0817. The Balaban J connectivity index is 2.07. The molecule has 0 bridgehead atoms. The molecule has 1 fully saturated rings. The van der Waals surface area contributed by atoms with Crippen molar-refractivity contribution in [3.05, 3.63) is 35.9 Å². The standard InChI is InChI=1S/C21H31NO3/c1-5-7-11-15(3)14-17(6-2)20(23)22-16(4)19(25-21(22)24)18-12-9-8-10-13-18/h8-10,12-13,15-17,19H,5-7,11,14H2,1-4H3/t15-,16+,17+,19+/m0/s1. The van der Waals surface area contributed by atoms with Gasteiger partial charge < -0.3 is 4.74 Å². The van der Waals surface area contributed by atoms with Gasteiger partial charge in [-0.3, -0.25) is 4.79 Å². The fourth-order valence-corrected chi connectivity index (χ4v) is 3.64. The fraction of sp³-hybridized carbons (Fsp3) is 0.619. The number of carbonyl (C=O) groups excluding carboxylic acids is 2. The van der Waals surface area contributed by atoms with Crippen molar-refractivity contribution >= 4 is 12.0 Å². The van der Waals surface area contributed by atoms with E-state index in [9.17, 15) is 9.59 Å². The third kappa shape index (κ3) is 4.62. The first-order valence-electron chi connectivity index (χ1n) is 9.58. The van der Waals surface area contributed by atoms with Gasteiger partial charge in [-0.2, -0.15) is 0 Å². The second-order valence-electron chi connectivity index (χ2n) is 7.25. The van der Waals surface area contributed by atoms with E-state index in [0.29, 0.717) is 5.92 Å². The molecule has 4 atom stereocenters. The number of amides is 2. The minimum atomic E-state index is -0.508. The van der Waals surface area contributed by atoms with Gasteiger partial charge in [0.25, 0.3) is 0 Å². The second-order valence-corrected chi connectivity index (χ2v) is 7.25. The Labute approximate surface area is 151 Å². The van der Waals surface area contributed by atoms with E-state index in [1.165, 1.54) is 17.7 Å². The molecule has 1 aliphatic heterocycles. The van der Waals surface area contributed by atoms with Gasteiger partial charge in [0.1, 0.15) is 6.10 Å². The molecule has 2 amide bonds. The molecular formula is C21H31NO3. The van der Waals surface area contributed by atoms with Crippen molar-refractivity contribution in [2.75, 3.05) is 0 Å². The zero-order valence-corrected chi connectivity index (χ0v) is 15.9. The Kier molecular flexibility index (Phi) is 7.03. The molecular weight excluding hydrogens is 314 g/mol. The fourth-order valence-electron chi connectivity index (χ4n) is 3.64. The predicted molar refractivity (Wildman–Crippen MR) is 99.1 cm³/mol. The largest absolute Gasteiger partial charge is 0.439 e. The van der Waals surface area contributed by atoms with E-state index in [4.69, 9.17) is 4.74 Å². The van der Waals surface area contributed by atoms with Crippen LogP contribution in [0.4, 0.5) is 4.79 Å². The highest BCUT2D eigenvalue weighted by Crippen LogP contribution is 2.34. The van der Waals surface area contributed by atoms with Crippen molar-refractivity contribution in [1.82, 2.24) is 4.90 Å². The molecule has 0 aromatic heterocycles. The molecule has 4 nitrogen and oxygen atoms in total. The van der Waals surface area contributed by atoms with E-state index < -0.39 is 6.09 Å². The molecule has 0 spiro atoms. The number of hydrogen-bond acceptors (Lipinski definition) is 3. The van der Waals surface area contributed by atoms with Crippen LogP contribution >= 0.6 is 0 Å². The van der Waals surface area contributed by atoms with Crippen LogP contribution in [0.2, 0.25) is 0 Å². The number of unbranched alkanes of at least 4 members (excludes halogenated alkanes) is 1. The van der Waals surface area contributed by atoms with Crippen molar-refractivity contribution in [2.24, 2.45) is 11.8 Å². The number of hydrogen-bond donors (Lipinski definition) is 0. The molecule has 4 heteroatoms. The van der Waals surface area contributed by atoms with Crippen molar-refractivity contribution in [3.63, 3.8) is 0 Å². The smallest absolute Gasteiger partial charge is 0.417 e. The topological polar surface area (TPSA) is 46.6 Å². The van der Waals surface area contributed by atoms with Gasteiger partial charge in [-0.05, 0) is 31.2 Å². The number of ether oxygens (including phenoxy) is 1. The predicted octanol–water partition coefficient (Wildman–Crippen LogP) is 5.34. The van der Waals surface area contributed by atoms with Crippen molar-refractivity contribution in [2.45, 2.75) is 71.9 Å². The van der Waals surface area contributed by atoms with Gasteiger partial charge in [0.2, 0.25) is 5.91 Å². The first-order chi connectivity index (χ1) is 12.0. The first-order valence-corrected chi connectivity index (χ1v) is 9.58. The summed E-state index contributed by atoms with van der Waals surface area (Å²) in [5.74, 6) is 0.297. The van der Waals surface area contributed by atoms with Crippen LogP contribution in [0.5, 0.6) is 0 Å². The van der Waals surface area contributed by atoms with Crippen LogP contribution in [0.25, 0.3) is 0 Å². The summed E-state index contributed by atoms with van der Waals surface area (Å²) in [5, 5.41) is 0. The summed E-state index contributed by atoms with van der Waals surface area (Å²) in [7, 11) is 0. The summed E-state index contributed by atoms with van der Waals surface area (Å²) in [6.07, 6.45) is 4.18. The maximum atomic E-state index is 13.0. The van der Waals surface area contributed by atoms with Crippen molar-refractivity contribution in [3.8, 4) is 0 Å². The zero-order chi connectivity index (χ0) is 18.4. The molecule has 0 radical (unpaired) electrons. The highest BCUT2D eigenvalue weighted by atomic mass is 16.6. The molecule has 1 aromatic rings. The Bertz CT molecular complexity index is 572. The van der Waals surface area contributed by atoms with Gasteiger partial charge >= 0.3 is 6.09 Å². The second kappa shape index (κ2) is 9.02. The molecule has 1 aliphatic rings. The van der Waals surface area contributed by atoms with Crippen LogP contribution in [0.15, 0.2) is 30.3 Å². The SMILES string of the molecule is CCCC[C@H](C)C[C@@H](CC)C(=O)N1C(=O)O[C@@H](c2ccccc2)[C@H]1C. The maximum Gasteiger partial charge on any atom is 0.417 e. The maximum absolute atomic E-state index is 13.0. The Hall–Kier alpha value is -1.84. The monoisotopic (exact) mass is 345 g/mol. The first kappa shape index (κ1) is 19.5. The summed E-state index contributed by atoms with van der Waals surface area (Å²) >= 11 is 0. The van der Waals surface area contributed by atoms with E-state index in [2.05, 4.69) is 13.8 Å². The quantitative estimate of drug-likeness (QED) is 0.639. The van der Waals surface area contributed by atoms with Crippen LogP contribution in [0, 0.1) is 11.8 Å². The normalized spacial score (nSPS) is 22.6. The van der Waals surface area contributed by atoms with E-state index in [-0.39, 0.29) is 24.0 Å². The van der Waals surface area contributed by atoms with E-state index in [1.54, 1.807) is 0 Å². The summed E-state index contributed by atoms with van der Waals surface area (Å²) in [4.78, 5) is 26.7. The third-order valence-electron chi connectivity index (χ3n) is 5.21. The lowest BCUT2D eigenvalue weighted by atomic mass is 9.89. The minimum Gasteiger partial charge on any atom is -0.439 e. The number of cyclic esters (lactones) is 1. The number of carbonyl (C=O) groups is 2. The van der Waals surface area contributed by atoms with E-state index >= 15 is 0 Å². The van der Waals surface area contributed by atoms with Crippen molar-refractivity contribution < 1.29 is 14.3 Å². The lowest BCUT2D eigenvalue weighted by Gasteiger charge is -2.25. The number of imide groups is 1. The molecule has 1 heterocycles. The molecule has 1 aromatic carbocycles. The molecule has 25 heavy (non-hydrogen) atoms. The zero-order valence-electron chi connectivity index (χ0n) is 15.9. The van der Waals surface area contributed by atoms with Crippen LogP contribution < -0.4 is 0 Å². The molecule has 0 aliphatic carbocycles. The Morgan fingerprint density at radius 1 is 1.24 bits per heavy atom. The van der Waals surface area contributed by atoms with Gasteiger partial charge in [-0.25, -0.2) is 9.69 Å². The van der Waals surface area contributed by atoms with Crippen LogP contribution in [0.1, 0.15) is 71.5 Å². The van der Waals surface area contributed by atoms with Gasteiger partial charge in [0.05, 0.1) is 6.04 Å². The van der Waals surface area contributed by atoms with Gasteiger partial charge in [0.15, 0.2) is 0 Å². The highest BCUT2D eigenvalue weighted by molar-refractivity contribution is 5.95. The summed E-state index contributed by atoms with van der Waals surface area (Å²) in [5.41, 5.74) is 0.933. The number of rotatable bonds is 8. The summed E-state index contributed by atoms with van der Waals surface area (Å²) < 4.78 is 5.52. The molecule has 2 rings (SSSR count). The lowest BCUT2D eigenvalue weighted by molar-refractivity contribution is -0.134. The number of nitrogens with zero attached hydrogens (tertiary/aromatic N) is 1. The molecule has 1 saturated heterocycles. The summed E-state index contributed by atoms with van der Waals surface area (Å²) in [6.45, 7) is 8.30. The third-order valence-corrected chi connectivity index (χ3v) is 5.21. The van der Waals surface area contributed by atoms with E-state index in [1.807, 2.05) is 44.2 Å². The average molecular weight is 345 g/mol. The molecule has 0 saturated carbocycles. The van der Waals surface area contributed by atoms with Crippen molar-refractivity contribution in [1.29, 1.82) is 0 Å². The number of benzene rings is 1. The molecule has 0 N–H and O–H groups in total. The van der Waals surface area contributed by atoms with Gasteiger partial charge in [-0.1, -0.05) is 70.4 Å². The van der Waals surface area contributed by atoms with E-state index in [0.717, 1.165) is 24.8 Å². The van der Waals surface area contributed by atoms with Crippen LogP contribution in [-0.2, 0) is 9.53 Å². The average Bonchev–Trinajstić information content (AvgIpc) is 2.92. The van der Waals surface area contributed by atoms with Crippen LogP contribution in [0.3, 0.4) is 0 Å². The summed E-state index contributed by atoms with van der Waals surface area (Å²) in [6, 6.07) is 9.37. The van der Waals surface area contributed by atoms with Gasteiger partial charge in [0, 0.05) is 5.92 Å². The molecule has 138 valence electrons. The Morgan fingerprint density at radius 2 is 1.92 bits per heavy atom. The molecule has 0 unspecified atom stereocenters. The van der Waals surface area contributed by atoms with Crippen LogP contribution in [-0.4, -0.2) is 22.9 Å². The van der Waals surface area contributed by atoms with Gasteiger partial charge in [-0.15, -0.1) is 0 Å². The lowest BCUT2D eigenvalue weighted by Crippen LogP contribution is -2.42. The Morgan fingerprint density at radius 3 is 2.52 bits per heavy atom. The highest BCUT2D eigenvalue weighted by Gasteiger charge is 2.44.